The van der Waals surface area contributed by atoms with Crippen LogP contribution in [0.2, 0.25) is 5.02 Å². The summed E-state index contributed by atoms with van der Waals surface area (Å²) >= 11 is 9.28. The van der Waals surface area contributed by atoms with Gasteiger partial charge in [-0.25, -0.2) is 0 Å². The van der Waals surface area contributed by atoms with Crippen LogP contribution in [0.1, 0.15) is 16.1 Å². The van der Waals surface area contributed by atoms with E-state index in [0.29, 0.717) is 22.9 Å². The Kier molecular flexibility index (Phi) is 4.23. The molecule has 0 aliphatic rings. The topological polar surface area (TPSA) is 33.5 Å². The summed E-state index contributed by atoms with van der Waals surface area (Å²) in [5, 5.41) is 1.58. The lowest BCUT2D eigenvalue weighted by Crippen LogP contribution is -2.25. The van der Waals surface area contributed by atoms with Gasteiger partial charge < -0.3 is 9.32 Å². The third-order valence-electron chi connectivity index (χ3n) is 3.37. The highest BCUT2D eigenvalue weighted by molar-refractivity contribution is 9.10. The summed E-state index contributed by atoms with van der Waals surface area (Å²) in [4.78, 5) is 14.1. The molecule has 3 nitrogen and oxygen atoms in total. The molecule has 0 saturated carbocycles. The molecule has 3 rings (SSSR count). The van der Waals surface area contributed by atoms with Crippen LogP contribution in [0.15, 0.2) is 57.4 Å². The van der Waals surface area contributed by atoms with E-state index in [1.165, 1.54) is 0 Å². The fraction of sp³-hybridized carbons (Fsp3) is 0.118. The summed E-state index contributed by atoms with van der Waals surface area (Å²) in [6.07, 6.45) is 0. The maximum atomic E-state index is 12.5. The number of benzene rings is 2. The van der Waals surface area contributed by atoms with Gasteiger partial charge in [0.2, 0.25) is 0 Å². The van der Waals surface area contributed by atoms with Crippen LogP contribution in [-0.2, 0) is 6.54 Å². The smallest absolute Gasteiger partial charge is 0.289 e. The van der Waals surface area contributed by atoms with Gasteiger partial charge in [0.15, 0.2) is 5.76 Å². The number of furan rings is 1. The molecule has 1 aromatic heterocycles. The van der Waals surface area contributed by atoms with Crippen molar-refractivity contribution in [2.75, 3.05) is 7.05 Å². The Morgan fingerprint density at radius 1 is 1.18 bits per heavy atom. The van der Waals surface area contributed by atoms with Crippen LogP contribution >= 0.6 is 27.5 Å². The summed E-state index contributed by atoms with van der Waals surface area (Å²) in [7, 11) is 1.75. The first-order valence-electron chi connectivity index (χ1n) is 6.72. The molecule has 3 aromatic rings. The van der Waals surface area contributed by atoms with E-state index < -0.39 is 0 Å². The van der Waals surface area contributed by atoms with Gasteiger partial charge in [-0.3, -0.25) is 4.79 Å². The SMILES string of the molecule is CN(Cc1ccc(Cl)cc1)C(=O)c1cc2cc(Br)ccc2o1. The zero-order chi connectivity index (χ0) is 15.7. The van der Waals surface area contributed by atoms with Gasteiger partial charge in [0.1, 0.15) is 5.58 Å². The molecule has 1 heterocycles. The van der Waals surface area contributed by atoms with E-state index in [1.807, 2.05) is 42.5 Å². The standard InChI is InChI=1S/C17H13BrClNO2/c1-20(10-11-2-5-14(19)6-3-11)17(21)16-9-12-8-13(18)4-7-15(12)22-16/h2-9H,10H2,1H3. The first-order valence-corrected chi connectivity index (χ1v) is 7.89. The van der Waals surface area contributed by atoms with Gasteiger partial charge >= 0.3 is 0 Å². The van der Waals surface area contributed by atoms with E-state index in [4.69, 9.17) is 16.0 Å². The van der Waals surface area contributed by atoms with Gasteiger partial charge in [0.25, 0.3) is 5.91 Å². The number of nitrogens with zero attached hydrogens (tertiary/aromatic N) is 1. The predicted octanol–water partition coefficient (Wildman–Crippen LogP) is 5.12. The third-order valence-corrected chi connectivity index (χ3v) is 4.11. The van der Waals surface area contributed by atoms with Crippen molar-refractivity contribution in [3.63, 3.8) is 0 Å². The minimum Gasteiger partial charge on any atom is -0.451 e. The van der Waals surface area contributed by atoms with E-state index in [0.717, 1.165) is 15.4 Å². The quantitative estimate of drug-likeness (QED) is 0.634. The molecule has 112 valence electrons. The van der Waals surface area contributed by atoms with Crippen LogP contribution in [0.3, 0.4) is 0 Å². The van der Waals surface area contributed by atoms with Gasteiger partial charge in [0.05, 0.1) is 0 Å². The second-order valence-electron chi connectivity index (χ2n) is 5.08. The molecule has 0 fully saturated rings. The van der Waals surface area contributed by atoms with E-state index in [-0.39, 0.29) is 5.91 Å². The lowest BCUT2D eigenvalue weighted by atomic mass is 10.2. The average Bonchev–Trinajstić information content (AvgIpc) is 2.91. The molecular formula is C17H13BrClNO2. The summed E-state index contributed by atoms with van der Waals surface area (Å²) < 4.78 is 6.58. The fourth-order valence-corrected chi connectivity index (χ4v) is 2.75. The molecule has 0 atom stereocenters. The highest BCUT2D eigenvalue weighted by Gasteiger charge is 2.17. The van der Waals surface area contributed by atoms with Gasteiger partial charge in [-0.05, 0) is 42.0 Å². The van der Waals surface area contributed by atoms with Crippen molar-refractivity contribution in [2.24, 2.45) is 0 Å². The number of fused-ring (bicyclic) bond motifs is 1. The number of hydrogen-bond acceptors (Lipinski definition) is 2. The van der Waals surface area contributed by atoms with Gasteiger partial charge in [-0.2, -0.15) is 0 Å². The number of halogens is 2. The van der Waals surface area contributed by atoms with Crippen molar-refractivity contribution >= 4 is 44.4 Å². The van der Waals surface area contributed by atoms with Crippen LogP contribution in [-0.4, -0.2) is 17.9 Å². The van der Waals surface area contributed by atoms with E-state index >= 15 is 0 Å². The maximum absolute atomic E-state index is 12.5. The summed E-state index contributed by atoms with van der Waals surface area (Å²) in [6.45, 7) is 0.497. The Morgan fingerprint density at radius 2 is 1.91 bits per heavy atom. The fourth-order valence-electron chi connectivity index (χ4n) is 2.24. The van der Waals surface area contributed by atoms with Crippen molar-refractivity contribution in [3.8, 4) is 0 Å². The monoisotopic (exact) mass is 377 g/mol. The van der Waals surface area contributed by atoms with Crippen molar-refractivity contribution in [3.05, 3.63) is 69.3 Å². The maximum Gasteiger partial charge on any atom is 0.289 e. The normalized spacial score (nSPS) is 10.9. The highest BCUT2D eigenvalue weighted by atomic mass is 79.9. The molecule has 5 heteroatoms. The minimum atomic E-state index is -0.151. The summed E-state index contributed by atoms with van der Waals surface area (Å²) in [5.41, 5.74) is 1.71. The second kappa shape index (κ2) is 6.15. The largest absolute Gasteiger partial charge is 0.451 e. The molecule has 1 amide bonds. The van der Waals surface area contributed by atoms with Crippen LogP contribution in [0, 0.1) is 0 Å². The van der Waals surface area contributed by atoms with Crippen LogP contribution in [0.5, 0.6) is 0 Å². The molecule has 22 heavy (non-hydrogen) atoms. The summed E-state index contributed by atoms with van der Waals surface area (Å²) in [6, 6.07) is 14.9. The Hall–Kier alpha value is -1.78. The predicted molar refractivity (Wildman–Crippen MR) is 91.2 cm³/mol. The highest BCUT2D eigenvalue weighted by Crippen LogP contribution is 2.24. The first kappa shape index (κ1) is 15.1. The molecule has 0 spiro atoms. The summed E-state index contributed by atoms with van der Waals surface area (Å²) in [5.74, 6) is 0.187. The average molecular weight is 379 g/mol. The van der Waals surface area contributed by atoms with E-state index in [1.54, 1.807) is 18.0 Å². The van der Waals surface area contributed by atoms with Gasteiger partial charge in [-0.15, -0.1) is 0 Å². The molecule has 0 radical (unpaired) electrons. The van der Waals surface area contributed by atoms with Crippen LogP contribution in [0.4, 0.5) is 0 Å². The first-order chi connectivity index (χ1) is 10.5. The van der Waals surface area contributed by atoms with E-state index in [9.17, 15) is 4.79 Å². The second-order valence-corrected chi connectivity index (χ2v) is 6.43. The molecule has 0 aliphatic heterocycles. The van der Waals surface area contributed by atoms with Crippen molar-refractivity contribution in [1.29, 1.82) is 0 Å². The minimum absolute atomic E-state index is 0.151. The van der Waals surface area contributed by atoms with Crippen LogP contribution < -0.4 is 0 Å². The number of amides is 1. The van der Waals surface area contributed by atoms with Crippen LogP contribution in [0.25, 0.3) is 11.0 Å². The molecule has 0 saturated heterocycles. The zero-order valence-corrected chi connectivity index (χ0v) is 14.2. The molecule has 0 bridgehead atoms. The zero-order valence-electron chi connectivity index (χ0n) is 11.8. The molecule has 0 N–H and O–H groups in total. The molecule has 0 aliphatic carbocycles. The lowest BCUT2D eigenvalue weighted by Gasteiger charge is -2.15. The molecule has 0 unspecified atom stereocenters. The molecule has 2 aromatic carbocycles. The van der Waals surface area contributed by atoms with E-state index in [2.05, 4.69) is 15.9 Å². The Morgan fingerprint density at radius 3 is 2.64 bits per heavy atom. The Bertz CT molecular complexity index is 826. The molecular weight excluding hydrogens is 366 g/mol. The number of hydrogen-bond donors (Lipinski definition) is 0. The van der Waals surface area contributed by atoms with Crippen molar-refractivity contribution in [1.82, 2.24) is 4.90 Å². The van der Waals surface area contributed by atoms with Crippen molar-refractivity contribution < 1.29 is 9.21 Å². The number of carbonyl (C=O) groups is 1. The number of carbonyl (C=O) groups excluding carboxylic acids is 1. The van der Waals surface area contributed by atoms with Crippen molar-refractivity contribution in [2.45, 2.75) is 6.54 Å². The van der Waals surface area contributed by atoms with Gasteiger partial charge in [-0.1, -0.05) is 39.7 Å². The third kappa shape index (κ3) is 3.18. The Balaban J connectivity index is 1.80. The number of rotatable bonds is 3. The lowest BCUT2D eigenvalue weighted by molar-refractivity contribution is 0.0756. The van der Waals surface area contributed by atoms with Gasteiger partial charge in [0, 0.05) is 28.5 Å². The Labute approximate surface area is 141 Å².